The Balaban J connectivity index is 1.88. The van der Waals surface area contributed by atoms with Crippen LogP contribution in [0.15, 0.2) is 42.5 Å². The lowest BCUT2D eigenvalue weighted by atomic mass is 9.73. The maximum absolute atomic E-state index is 13.6. The first kappa shape index (κ1) is 23.4. The lowest BCUT2D eigenvalue weighted by Gasteiger charge is -2.36. The number of benzene rings is 2. The van der Waals surface area contributed by atoms with Crippen LogP contribution in [-0.4, -0.2) is 39.4 Å². The van der Waals surface area contributed by atoms with E-state index in [1.54, 1.807) is 24.3 Å². The van der Waals surface area contributed by atoms with E-state index in [1.807, 2.05) is 0 Å². The van der Waals surface area contributed by atoms with Crippen molar-refractivity contribution in [1.29, 1.82) is 0 Å². The Labute approximate surface area is 183 Å². The van der Waals surface area contributed by atoms with Gasteiger partial charge in [0, 0.05) is 31.0 Å². The van der Waals surface area contributed by atoms with Gasteiger partial charge in [-0.05, 0) is 48.7 Å². The molecule has 1 saturated heterocycles. The highest BCUT2D eigenvalue weighted by Crippen LogP contribution is 2.40. The molecule has 1 heterocycles. The van der Waals surface area contributed by atoms with Crippen LogP contribution in [0.4, 0.5) is 18.9 Å². The molecule has 1 aliphatic heterocycles. The molecular formula is C22H23ClF3NO4. The number of methoxy groups -OCH3 is 1. The molecule has 3 rings (SSSR count). The molecule has 0 aromatic heterocycles. The summed E-state index contributed by atoms with van der Waals surface area (Å²) in [6, 6.07) is 10.4. The molecule has 9 heteroatoms. The number of hydrogen-bond donors (Lipinski definition) is 1. The van der Waals surface area contributed by atoms with Crippen LogP contribution in [0, 0.1) is 0 Å². The average Bonchev–Trinajstić information content (AvgIpc) is 2.75. The summed E-state index contributed by atoms with van der Waals surface area (Å²) in [6.45, 7) is 0.874. The van der Waals surface area contributed by atoms with E-state index in [-0.39, 0.29) is 30.6 Å². The molecule has 0 unspecified atom stereocenters. The van der Waals surface area contributed by atoms with Gasteiger partial charge in [-0.25, -0.2) is 0 Å². The van der Waals surface area contributed by atoms with E-state index >= 15 is 0 Å². The molecule has 168 valence electrons. The Morgan fingerprint density at radius 2 is 1.81 bits per heavy atom. The fourth-order valence-electron chi connectivity index (χ4n) is 3.58. The molecule has 2 aromatic carbocycles. The summed E-state index contributed by atoms with van der Waals surface area (Å²) in [4.78, 5) is 13.3. The summed E-state index contributed by atoms with van der Waals surface area (Å²) in [5, 5.41) is 3.20. The highest BCUT2D eigenvalue weighted by molar-refractivity contribution is 6.30. The second-order valence-corrected chi connectivity index (χ2v) is 7.64. The van der Waals surface area contributed by atoms with Crippen LogP contribution in [-0.2, 0) is 25.9 Å². The van der Waals surface area contributed by atoms with E-state index < -0.39 is 17.2 Å². The molecule has 0 saturated carbocycles. The number of halogens is 4. The van der Waals surface area contributed by atoms with E-state index in [9.17, 15) is 18.0 Å². The molecule has 1 N–H and O–H groups in total. The van der Waals surface area contributed by atoms with Gasteiger partial charge >= 0.3 is 6.18 Å². The number of hydrogen-bond acceptors (Lipinski definition) is 4. The van der Waals surface area contributed by atoms with Gasteiger partial charge in [0.2, 0.25) is 5.91 Å². The number of alkyl halides is 3. The van der Waals surface area contributed by atoms with Gasteiger partial charge in [-0.1, -0.05) is 23.7 Å². The molecule has 31 heavy (non-hydrogen) atoms. The second kappa shape index (κ2) is 9.89. The van der Waals surface area contributed by atoms with Gasteiger partial charge in [0.15, 0.2) is 0 Å². The molecule has 0 atom stereocenters. The first-order chi connectivity index (χ1) is 14.8. The van der Waals surface area contributed by atoms with Crippen molar-refractivity contribution >= 4 is 23.2 Å². The number of amides is 1. The van der Waals surface area contributed by atoms with Crippen molar-refractivity contribution in [3.63, 3.8) is 0 Å². The summed E-state index contributed by atoms with van der Waals surface area (Å²) in [6.07, 6.45) is -3.83. The van der Waals surface area contributed by atoms with Crippen LogP contribution in [0.5, 0.6) is 5.75 Å². The van der Waals surface area contributed by atoms with Crippen molar-refractivity contribution in [2.24, 2.45) is 0 Å². The number of anilines is 1. The third kappa shape index (κ3) is 5.50. The van der Waals surface area contributed by atoms with E-state index in [0.29, 0.717) is 31.1 Å². The van der Waals surface area contributed by atoms with E-state index in [0.717, 1.165) is 11.6 Å². The minimum atomic E-state index is -4.64. The van der Waals surface area contributed by atoms with Gasteiger partial charge in [0.05, 0.1) is 17.6 Å². The topological polar surface area (TPSA) is 56.8 Å². The van der Waals surface area contributed by atoms with E-state index in [4.69, 9.17) is 25.8 Å². The summed E-state index contributed by atoms with van der Waals surface area (Å²) in [5.74, 6) is -0.708. The Kier molecular flexibility index (Phi) is 7.46. The van der Waals surface area contributed by atoms with Crippen molar-refractivity contribution in [2.45, 2.75) is 24.4 Å². The normalized spacial score (nSPS) is 16.0. The van der Waals surface area contributed by atoms with Crippen LogP contribution in [0.3, 0.4) is 0 Å². The summed E-state index contributed by atoms with van der Waals surface area (Å²) in [7, 11) is 1.43. The van der Waals surface area contributed by atoms with Crippen molar-refractivity contribution < 1.29 is 32.2 Å². The molecule has 5 nitrogen and oxygen atoms in total. The molecule has 1 amide bonds. The van der Waals surface area contributed by atoms with Crippen molar-refractivity contribution in [2.75, 3.05) is 38.9 Å². The zero-order chi connectivity index (χ0) is 22.5. The highest BCUT2D eigenvalue weighted by atomic mass is 35.5. The third-order valence-electron chi connectivity index (χ3n) is 5.27. The molecule has 0 aliphatic carbocycles. The minimum Gasteiger partial charge on any atom is -0.491 e. The quantitative estimate of drug-likeness (QED) is 0.590. The zero-order valence-electron chi connectivity index (χ0n) is 16.9. The standard InChI is InChI=1S/C22H23ClF3NO4/c1-29-12-13-31-19-7-6-17(14-18(19)22(24,25)26)27-20(28)21(8-10-30-11-9-21)15-2-4-16(23)5-3-15/h2-7,14H,8-13H2,1H3,(H,27,28). The highest BCUT2D eigenvalue weighted by Gasteiger charge is 2.42. The molecule has 0 spiro atoms. The SMILES string of the molecule is COCCOc1ccc(NC(=O)C2(c3ccc(Cl)cc3)CCOCC2)cc1C(F)(F)F. The first-order valence-electron chi connectivity index (χ1n) is 9.74. The van der Waals surface area contributed by atoms with Crippen molar-refractivity contribution in [1.82, 2.24) is 0 Å². The molecule has 2 aromatic rings. The predicted molar refractivity (Wildman–Crippen MR) is 111 cm³/mol. The fourth-order valence-corrected chi connectivity index (χ4v) is 3.70. The van der Waals surface area contributed by atoms with Crippen molar-refractivity contribution in [3.8, 4) is 5.75 Å². The summed E-state index contributed by atoms with van der Waals surface area (Å²) in [5.41, 5.74) is -1.10. The first-order valence-corrected chi connectivity index (χ1v) is 10.1. The van der Waals surface area contributed by atoms with Gasteiger partial charge in [0.25, 0.3) is 0 Å². The van der Waals surface area contributed by atoms with Crippen LogP contribution >= 0.6 is 11.6 Å². The molecule has 1 aliphatic rings. The van der Waals surface area contributed by atoms with Crippen molar-refractivity contribution in [3.05, 3.63) is 58.6 Å². The maximum Gasteiger partial charge on any atom is 0.420 e. The fraction of sp³-hybridized carbons (Fsp3) is 0.409. The zero-order valence-corrected chi connectivity index (χ0v) is 17.7. The second-order valence-electron chi connectivity index (χ2n) is 7.21. The van der Waals surface area contributed by atoms with Crippen LogP contribution < -0.4 is 10.1 Å². The Morgan fingerprint density at radius 3 is 2.42 bits per heavy atom. The summed E-state index contributed by atoms with van der Waals surface area (Å²) >= 11 is 5.97. The molecular weight excluding hydrogens is 435 g/mol. The Morgan fingerprint density at radius 1 is 1.13 bits per heavy atom. The molecule has 1 fully saturated rings. The largest absolute Gasteiger partial charge is 0.491 e. The van der Waals surface area contributed by atoms with E-state index in [1.165, 1.54) is 19.2 Å². The number of nitrogens with one attached hydrogen (secondary N) is 1. The lowest BCUT2D eigenvalue weighted by molar-refractivity contribution is -0.139. The number of carbonyl (C=O) groups excluding carboxylic acids is 1. The third-order valence-corrected chi connectivity index (χ3v) is 5.52. The molecule has 0 bridgehead atoms. The number of ether oxygens (including phenoxy) is 3. The van der Waals surface area contributed by atoms with Gasteiger partial charge in [-0.2, -0.15) is 13.2 Å². The minimum absolute atomic E-state index is 0.0229. The molecule has 0 radical (unpaired) electrons. The maximum atomic E-state index is 13.6. The predicted octanol–water partition coefficient (Wildman–Crippen LogP) is 5.07. The van der Waals surface area contributed by atoms with Crippen LogP contribution in [0.1, 0.15) is 24.0 Å². The van der Waals surface area contributed by atoms with Gasteiger partial charge in [-0.15, -0.1) is 0 Å². The smallest absolute Gasteiger partial charge is 0.420 e. The lowest BCUT2D eigenvalue weighted by Crippen LogP contribution is -2.44. The Hall–Kier alpha value is -2.29. The van der Waals surface area contributed by atoms with Gasteiger partial charge < -0.3 is 19.5 Å². The number of rotatable bonds is 7. The van der Waals surface area contributed by atoms with Crippen LogP contribution in [0.2, 0.25) is 5.02 Å². The van der Waals surface area contributed by atoms with Gasteiger partial charge in [-0.3, -0.25) is 4.79 Å². The number of carbonyl (C=O) groups is 1. The van der Waals surface area contributed by atoms with E-state index in [2.05, 4.69) is 5.32 Å². The van der Waals surface area contributed by atoms with Crippen LogP contribution in [0.25, 0.3) is 0 Å². The monoisotopic (exact) mass is 457 g/mol. The summed E-state index contributed by atoms with van der Waals surface area (Å²) < 4.78 is 56.1. The van der Waals surface area contributed by atoms with Gasteiger partial charge in [0.1, 0.15) is 12.4 Å². The Bertz CT molecular complexity index is 897. The average molecular weight is 458 g/mol.